The molecule has 5 aliphatic rings. The highest BCUT2D eigenvalue weighted by atomic mass is 35.5. The van der Waals surface area contributed by atoms with Gasteiger partial charge in [0.1, 0.15) is 39.3 Å². The molecule has 7 aromatic rings. The summed E-state index contributed by atoms with van der Waals surface area (Å²) in [5, 5.41) is 38.5. The zero-order valence-electron chi connectivity index (χ0n) is 43.4. The molecule has 7 aromatic carbocycles. The van der Waals surface area contributed by atoms with Crippen molar-refractivity contribution in [3.05, 3.63) is 211 Å². The third-order valence-corrected chi connectivity index (χ3v) is 17.7. The first-order valence-corrected chi connectivity index (χ1v) is 26.8. The summed E-state index contributed by atoms with van der Waals surface area (Å²) in [5.41, 5.74) is 7.27. The van der Waals surface area contributed by atoms with Gasteiger partial charge in [0.25, 0.3) is 0 Å². The number of fused-ring (bicyclic) bond motifs is 3. The summed E-state index contributed by atoms with van der Waals surface area (Å²) in [6, 6.07) is 34.9. The molecule has 3 atom stereocenters. The van der Waals surface area contributed by atoms with Crippen molar-refractivity contribution in [1.29, 1.82) is 0 Å². The van der Waals surface area contributed by atoms with Crippen LogP contribution in [0, 0.1) is 57.0 Å². The van der Waals surface area contributed by atoms with Crippen LogP contribution in [-0.4, -0.2) is 33.0 Å². The maximum atomic E-state index is 14.4. The molecule has 0 saturated heterocycles. The maximum Gasteiger partial charge on any atom is 0.244 e. The fourth-order valence-corrected chi connectivity index (χ4v) is 13.3. The van der Waals surface area contributed by atoms with Crippen molar-refractivity contribution in [3.8, 4) is 17.2 Å². The van der Waals surface area contributed by atoms with Gasteiger partial charge in [-0.15, -0.1) is 0 Å². The molecule has 3 aliphatic heterocycles. The summed E-state index contributed by atoms with van der Waals surface area (Å²) >= 11 is 6.30. The Morgan fingerprint density at radius 2 is 0.857 bits per heavy atom. The van der Waals surface area contributed by atoms with Crippen LogP contribution in [0.4, 0.5) is 30.2 Å². The van der Waals surface area contributed by atoms with E-state index >= 15 is 0 Å². The quantitative estimate of drug-likeness (QED) is 0.0977. The molecule has 2 saturated carbocycles. The molecule has 9 nitrogen and oxygen atoms in total. The van der Waals surface area contributed by atoms with Crippen molar-refractivity contribution in [2.75, 3.05) is 16.0 Å². The van der Waals surface area contributed by atoms with Crippen molar-refractivity contribution in [2.24, 2.45) is 11.8 Å². The number of amides is 3. The molecular weight excluding hydrogens is 999 g/mol. The van der Waals surface area contributed by atoms with E-state index in [4.69, 9.17) is 11.6 Å². The molecule has 0 bridgehead atoms. The number of carbonyl (C=O) groups excluding carboxylic acids is 3. The van der Waals surface area contributed by atoms with Crippen molar-refractivity contribution in [2.45, 2.75) is 108 Å². The van der Waals surface area contributed by atoms with Gasteiger partial charge in [-0.1, -0.05) is 123 Å². The number of hydrogen-bond donors (Lipinski definition) is 6. The van der Waals surface area contributed by atoms with Crippen LogP contribution in [0.3, 0.4) is 0 Å². The second-order valence-corrected chi connectivity index (χ2v) is 21.7. The van der Waals surface area contributed by atoms with Crippen molar-refractivity contribution in [3.63, 3.8) is 0 Å². The standard InChI is InChI=1S/C22H25NO2.C21H22ClNO2.C21H14F3NO2/c1-14-8-13-19-20(15(14)2)23-21(25)22(19,16-6-4-3-5-7-16)17-9-11-18(24)12-10-17;1-13-18(22)12-11-17-19(13)23-20(25)21(17,14-5-3-2-4-6-14)15-7-9-16(24)10-8-15;1-11-2-3-13(10-17(11)23)21(12-4-6-14(26)7-5-12)15-8-9-16(22)18(24)19(15)25-20(21)27/h8-13,16,24H,3-7H2,1-2H3,(H,23,25);7-12,14,24H,2-6H2,1H3,(H,23,25);2-10,26H,1H3,(H,25,27). The first kappa shape index (κ1) is 52.9. The Morgan fingerprint density at radius 1 is 0.442 bits per heavy atom. The zero-order chi connectivity index (χ0) is 54.6. The van der Waals surface area contributed by atoms with Crippen molar-refractivity contribution >= 4 is 46.4 Å². The third-order valence-electron chi connectivity index (χ3n) is 17.2. The van der Waals surface area contributed by atoms with Gasteiger partial charge in [-0.2, -0.15) is 0 Å². The lowest BCUT2D eigenvalue weighted by molar-refractivity contribution is -0.122. The summed E-state index contributed by atoms with van der Waals surface area (Å²) in [4.78, 5) is 39.9. The molecule has 6 N–H and O–H groups in total. The van der Waals surface area contributed by atoms with Crippen LogP contribution in [0.15, 0.2) is 127 Å². The molecular formula is C64H61ClF3N3O6. The van der Waals surface area contributed by atoms with Gasteiger partial charge in [-0.3, -0.25) is 14.4 Å². The lowest BCUT2D eigenvalue weighted by Crippen LogP contribution is -2.43. The summed E-state index contributed by atoms with van der Waals surface area (Å²) in [6.07, 6.45) is 11.4. The molecule has 396 valence electrons. The molecule has 2 fully saturated rings. The molecule has 3 amide bonds. The van der Waals surface area contributed by atoms with Crippen LogP contribution in [0.5, 0.6) is 17.2 Å². The highest BCUT2D eigenvalue weighted by Gasteiger charge is 2.56. The SMILES string of the molecule is Cc1c(Cl)ccc2c1NC(=O)C2(c1ccc(O)cc1)C1CCCCC1.Cc1ccc(C2(c3ccc(O)cc3)C(=O)Nc3c2ccc(F)c3F)cc1F.Cc1ccc2c(c1C)NC(=O)C2(c1ccc(O)cc1)C1CCCCC1. The average Bonchev–Trinajstić information content (AvgIpc) is 4.28. The van der Waals surface area contributed by atoms with Crippen LogP contribution >= 0.6 is 11.6 Å². The number of aryl methyl sites for hydroxylation is 2. The number of benzene rings is 7. The van der Waals surface area contributed by atoms with Crippen molar-refractivity contribution in [1.82, 2.24) is 0 Å². The smallest absolute Gasteiger partial charge is 0.244 e. The number of halogens is 4. The maximum absolute atomic E-state index is 14.4. The van der Waals surface area contributed by atoms with Gasteiger partial charge >= 0.3 is 0 Å². The van der Waals surface area contributed by atoms with Gasteiger partial charge in [-0.05, 0) is 175 Å². The molecule has 13 heteroatoms. The van der Waals surface area contributed by atoms with Crippen LogP contribution in [-0.2, 0) is 30.6 Å². The van der Waals surface area contributed by atoms with Crippen LogP contribution in [0.1, 0.15) is 125 Å². The van der Waals surface area contributed by atoms with Crippen molar-refractivity contribution < 1.29 is 42.9 Å². The van der Waals surface area contributed by atoms with Gasteiger partial charge in [0.05, 0.1) is 5.69 Å². The summed E-state index contributed by atoms with van der Waals surface area (Å²) < 4.78 is 42.4. The minimum absolute atomic E-state index is 0.0205. The minimum Gasteiger partial charge on any atom is -0.508 e. The Balaban J connectivity index is 0.000000131. The Hall–Kier alpha value is -7.57. The summed E-state index contributed by atoms with van der Waals surface area (Å²) in [7, 11) is 0. The number of carbonyl (C=O) groups is 3. The topological polar surface area (TPSA) is 148 Å². The van der Waals surface area contributed by atoms with E-state index in [9.17, 15) is 42.9 Å². The predicted molar refractivity (Wildman–Crippen MR) is 294 cm³/mol. The second kappa shape index (κ2) is 20.8. The van der Waals surface area contributed by atoms with Gasteiger partial charge in [-0.25, -0.2) is 13.2 Å². The number of hydrogen-bond acceptors (Lipinski definition) is 6. The third kappa shape index (κ3) is 8.69. The van der Waals surface area contributed by atoms with E-state index < -0.39 is 39.6 Å². The number of phenols is 3. The molecule has 12 rings (SSSR count). The van der Waals surface area contributed by atoms with Crippen LogP contribution in [0.2, 0.25) is 5.02 Å². The van der Waals surface area contributed by atoms with E-state index in [0.29, 0.717) is 22.1 Å². The Kier molecular flexibility index (Phi) is 14.2. The van der Waals surface area contributed by atoms with Gasteiger partial charge in [0.2, 0.25) is 17.7 Å². The molecule has 2 aliphatic carbocycles. The molecule has 3 heterocycles. The lowest BCUT2D eigenvalue weighted by Gasteiger charge is -2.39. The Morgan fingerprint density at radius 3 is 1.35 bits per heavy atom. The summed E-state index contributed by atoms with van der Waals surface area (Å²) in [6.45, 7) is 7.71. The molecule has 77 heavy (non-hydrogen) atoms. The second-order valence-electron chi connectivity index (χ2n) is 21.3. The lowest BCUT2D eigenvalue weighted by atomic mass is 9.62. The van der Waals surface area contributed by atoms with Gasteiger partial charge in [0.15, 0.2) is 11.6 Å². The molecule has 0 spiro atoms. The van der Waals surface area contributed by atoms with E-state index in [2.05, 4.69) is 41.9 Å². The molecule has 3 unspecified atom stereocenters. The highest BCUT2D eigenvalue weighted by molar-refractivity contribution is 6.32. The van der Waals surface area contributed by atoms with E-state index in [1.807, 2.05) is 43.3 Å². The number of rotatable bonds is 6. The number of anilines is 3. The molecule has 0 radical (unpaired) electrons. The normalized spacial score (nSPS) is 21.6. The predicted octanol–water partition coefficient (Wildman–Crippen LogP) is 14.4. The van der Waals surface area contributed by atoms with Gasteiger partial charge in [0, 0.05) is 22.0 Å². The first-order valence-electron chi connectivity index (χ1n) is 26.4. The monoisotopic (exact) mass is 1060 g/mol. The van der Waals surface area contributed by atoms with E-state index in [-0.39, 0.29) is 51.8 Å². The minimum atomic E-state index is -1.58. The van der Waals surface area contributed by atoms with E-state index in [0.717, 1.165) is 89.3 Å². The number of nitrogens with one attached hydrogen (secondary N) is 3. The zero-order valence-corrected chi connectivity index (χ0v) is 44.2. The Bertz CT molecular complexity index is 3310. The summed E-state index contributed by atoms with van der Waals surface area (Å²) in [5.74, 6) is -2.30. The van der Waals surface area contributed by atoms with Crippen LogP contribution < -0.4 is 16.0 Å². The highest BCUT2D eigenvalue weighted by Crippen LogP contribution is 2.56. The Labute approximate surface area is 451 Å². The average molecular weight is 1060 g/mol. The van der Waals surface area contributed by atoms with E-state index in [1.165, 1.54) is 73.7 Å². The number of phenolic OH excluding ortho intramolecular Hbond substituents is 3. The fourth-order valence-electron chi connectivity index (χ4n) is 13.1. The first-order chi connectivity index (χ1) is 36.9. The fraction of sp³-hybridized carbons (Fsp3) is 0.297. The molecule has 0 aromatic heterocycles. The van der Waals surface area contributed by atoms with Crippen LogP contribution in [0.25, 0.3) is 0 Å². The number of aromatic hydroxyl groups is 3. The van der Waals surface area contributed by atoms with E-state index in [1.54, 1.807) is 37.3 Å². The van der Waals surface area contributed by atoms with Gasteiger partial charge < -0.3 is 31.3 Å². The largest absolute Gasteiger partial charge is 0.508 e.